The van der Waals surface area contributed by atoms with Gasteiger partial charge in [0.15, 0.2) is 0 Å². The molecule has 0 heterocycles. The molecule has 0 aliphatic heterocycles. The molecule has 0 saturated carbocycles. The van der Waals surface area contributed by atoms with Crippen molar-refractivity contribution in [1.82, 2.24) is 0 Å². The smallest absolute Gasteiger partial charge is 0.399 e. The van der Waals surface area contributed by atoms with Crippen LogP contribution in [0.3, 0.4) is 0 Å². The van der Waals surface area contributed by atoms with Crippen molar-refractivity contribution in [3.63, 3.8) is 0 Å². The van der Waals surface area contributed by atoms with E-state index >= 15 is 0 Å². The van der Waals surface area contributed by atoms with Crippen LogP contribution >= 0.6 is 11.6 Å². The molecule has 0 spiro atoms. The van der Waals surface area contributed by atoms with E-state index in [1.807, 2.05) is 0 Å². The Morgan fingerprint density at radius 3 is 2.45 bits per heavy atom. The molecular formula is C15H11ClF4N2. The molecule has 2 rings (SSSR count). The van der Waals surface area contributed by atoms with Crippen molar-refractivity contribution in [1.29, 1.82) is 0 Å². The van der Waals surface area contributed by atoms with E-state index in [-0.39, 0.29) is 11.4 Å². The summed E-state index contributed by atoms with van der Waals surface area (Å²) in [5, 5.41) is 3.00. The molecule has 2 nitrogen and oxygen atoms in total. The zero-order chi connectivity index (χ0) is 16.5. The lowest BCUT2D eigenvalue weighted by molar-refractivity contribution is -0.139. The summed E-state index contributed by atoms with van der Waals surface area (Å²) in [6.07, 6.45) is -4.78. The van der Waals surface area contributed by atoms with Gasteiger partial charge in [0.25, 0.3) is 0 Å². The van der Waals surface area contributed by atoms with E-state index in [1.165, 1.54) is 12.1 Å². The number of alkyl halides is 3. The normalized spacial score (nSPS) is 11.3. The largest absolute Gasteiger partial charge is 0.419 e. The van der Waals surface area contributed by atoms with Gasteiger partial charge in [0.05, 0.1) is 10.6 Å². The average molecular weight is 331 g/mol. The number of nitrogens with one attached hydrogen (secondary N) is 1. The van der Waals surface area contributed by atoms with Crippen LogP contribution in [0.15, 0.2) is 43.0 Å². The van der Waals surface area contributed by atoms with Crippen molar-refractivity contribution in [2.45, 2.75) is 6.18 Å². The predicted octanol–water partition coefficient (Wildman–Crippen LogP) is 5.16. The minimum absolute atomic E-state index is 0.0391. The number of benzene rings is 2. The van der Waals surface area contributed by atoms with E-state index in [4.69, 9.17) is 17.3 Å². The summed E-state index contributed by atoms with van der Waals surface area (Å²) >= 11 is 5.99. The number of anilines is 2. The Morgan fingerprint density at radius 2 is 1.82 bits per heavy atom. The van der Waals surface area contributed by atoms with Gasteiger partial charge >= 0.3 is 6.18 Å². The molecule has 0 atom stereocenters. The predicted molar refractivity (Wildman–Crippen MR) is 79.9 cm³/mol. The SMILES string of the molecule is C=C(Nc1ccc(F)c(C(F)(F)F)c1)c1cc(N)ccc1Cl. The van der Waals surface area contributed by atoms with Gasteiger partial charge in [0, 0.05) is 22.6 Å². The third-order valence-electron chi connectivity index (χ3n) is 2.88. The van der Waals surface area contributed by atoms with Crippen molar-refractivity contribution in [3.8, 4) is 0 Å². The van der Waals surface area contributed by atoms with Gasteiger partial charge in [-0.25, -0.2) is 4.39 Å². The van der Waals surface area contributed by atoms with E-state index in [0.717, 1.165) is 6.07 Å². The number of hydrogen-bond acceptors (Lipinski definition) is 2. The molecule has 0 aliphatic carbocycles. The first-order valence-corrected chi connectivity index (χ1v) is 6.44. The van der Waals surface area contributed by atoms with Gasteiger partial charge in [0.1, 0.15) is 5.82 Å². The van der Waals surface area contributed by atoms with Crippen LogP contribution < -0.4 is 11.1 Å². The van der Waals surface area contributed by atoms with E-state index in [2.05, 4.69) is 11.9 Å². The Hall–Kier alpha value is -2.21. The fourth-order valence-corrected chi connectivity index (χ4v) is 2.07. The lowest BCUT2D eigenvalue weighted by Gasteiger charge is -2.14. The molecule has 2 aromatic carbocycles. The number of halogens is 5. The molecule has 0 radical (unpaired) electrons. The van der Waals surface area contributed by atoms with Gasteiger partial charge in [-0.05, 0) is 36.4 Å². The van der Waals surface area contributed by atoms with Crippen molar-refractivity contribution < 1.29 is 17.6 Å². The Bertz CT molecular complexity index is 726. The maximum Gasteiger partial charge on any atom is 0.419 e. The van der Waals surface area contributed by atoms with Crippen molar-refractivity contribution in [3.05, 3.63) is 64.9 Å². The highest BCUT2D eigenvalue weighted by Gasteiger charge is 2.34. The van der Waals surface area contributed by atoms with Gasteiger partial charge < -0.3 is 11.1 Å². The molecule has 0 amide bonds. The minimum Gasteiger partial charge on any atom is -0.399 e. The topological polar surface area (TPSA) is 38.0 Å². The third kappa shape index (κ3) is 3.51. The van der Waals surface area contributed by atoms with Gasteiger partial charge in [-0.1, -0.05) is 18.2 Å². The second kappa shape index (κ2) is 5.88. The molecule has 22 heavy (non-hydrogen) atoms. The first kappa shape index (κ1) is 16.2. The Morgan fingerprint density at radius 1 is 1.14 bits per heavy atom. The Kier molecular flexibility index (Phi) is 4.32. The van der Waals surface area contributed by atoms with Gasteiger partial charge in [-0.15, -0.1) is 0 Å². The molecule has 3 N–H and O–H groups in total. The molecule has 0 bridgehead atoms. The molecule has 116 valence electrons. The van der Waals surface area contributed by atoms with Crippen LogP contribution in [0.5, 0.6) is 0 Å². The summed E-state index contributed by atoms with van der Waals surface area (Å²) in [6.45, 7) is 3.71. The molecule has 0 aliphatic rings. The highest BCUT2D eigenvalue weighted by Crippen LogP contribution is 2.34. The first-order chi connectivity index (χ1) is 10.2. The third-order valence-corrected chi connectivity index (χ3v) is 3.21. The molecule has 0 aromatic heterocycles. The van der Waals surface area contributed by atoms with Gasteiger partial charge in [0.2, 0.25) is 0 Å². The lowest BCUT2D eigenvalue weighted by atomic mass is 10.1. The standard InChI is InChI=1S/C15H11ClF4N2/c1-8(11-6-9(21)2-4-13(11)16)22-10-3-5-14(17)12(7-10)15(18,19)20/h2-7,22H,1,21H2. The van der Waals surface area contributed by atoms with Crippen LogP contribution in [-0.4, -0.2) is 0 Å². The summed E-state index contributed by atoms with van der Waals surface area (Å²) in [4.78, 5) is 0. The minimum atomic E-state index is -4.78. The fourth-order valence-electron chi connectivity index (χ4n) is 1.84. The summed E-state index contributed by atoms with van der Waals surface area (Å²) in [5.74, 6) is -1.34. The van der Waals surface area contributed by atoms with E-state index < -0.39 is 17.6 Å². The van der Waals surface area contributed by atoms with Gasteiger partial charge in [-0.3, -0.25) is 0 Å². The van der Waals surface area contributed by atoms with Crippen molar-refractivity contribution in [2.24, 2.45) is 0 Å². The molecule has 0 fully saturated rings. The van der Waals surface area contributed by atoms with Crippen LogP contribution in [0.4, 0.5) is 28.9 Å². The van der Waals surface area contributed by atoms with Crippen LogP contribution in [0.1, 0.15) is 11.1 Å². The number of rotatable bonds is 3. The number of hydrogen-bond donors (Lipinski definition) is 2. The Labute approximate surface area is 129 Å². The second-order valence-electron chi connectivity index (χ2n) is 4.54. The quantitative estimate of drug-likeness (QED) is 0.602. The van der Waals surface area contributed by atoms with E-state index in [0.29, 0.717) is 22.3 Å². The molecule has 7 heteroatoms. The maximum absolute atomic E-state index is 13.2. The van der Waals surface area contributed by atoms with Crippen LogP contribution in [0.25, 0.3) is 5.70 Å². The van der Waals surface area contributed by atoms with Gasteiger partial charge in [-0.2, -0.15) is 13.2 Å². The molecule has 0 unspecified atom stereocenters. The highest BCUT2D eigenvalue weighted by molar-refractivity contribution is 6.32. The lowest BCUT2D eigenvalue weighted by Crippen LogP contribution is -2.09. The molecular weight excluding hydrogens is 320 g/mol. The zero-order valence-corrected chi connectivity index (χ0v) is 11.9. The summed E-state index contributed by atoms with van der Waals surface area (Å²) < 4.78 is 51.3. The van der Waals surface area contributed by atoms with Crippen molar-refractivity contribution >= 4 is 28.7 Å². The zero-order valence-electron chi connectivity index (χ0n) is 11.1. The molecule has 0 saturated heterocycles. The Balaban J connectivity index is 2.31. The number of nitrogen functional groups attached to an aromatic ring is 1. The maximum atomic E-state index is 13.2. The van der Waals surface area contributed by atoms with E-state index in [1.54, 1.807) is 12.1 Å². The van der Waals surface area contributed by atoms with Crippen LogP contribution in [-0.2, 0) is 6.18 Å². The van der Waals surface area contributed by atoms with Crippen LogP contribution in [0.2, 0.25) is 5.02 Å². The second-order valence-corrected chi connectivity index (χ2v) is 4.94. The fraction of sp³-hybridized carbons (Fsp3) is 0.0667. The van der Waals surface area contributed by atoms with Crippen molar-refractivity contribution in [2.75, 3.05) is 11.1 Å². The molecule has 2 aromatic rings. The first-order valence-electron chi connectivity index (χ1n) is 6.06. The average Bonchev–Trinajstić information content (AvgIpc) is 2.42. The number of nitrogens with two attached hydrogens (primary N) is 1. The summed E-state index contributed by atoms with van der Waals surface area (Å²) in [6, 6.07) is 7.24. The summed E-state index contributed by atoms with van der Waals surface area (Å²) in [7, 11) is 0. The highest BCUT2D eigenvalue weighted by atomic mass is 35.5. The monoisotopic (exact) mass is 330 g/mol. The van der Waals surface area contributed by atoms with Crippen LogP contribution in [0, 0.1) is 5.82 Å². The summed E-state index contributed by atoms with van der Waals surface area (Å²) in [5.41, 5.74) is 5.43. The van der Waals surface area contributed by atoms with E-state index in [9.17, 15) is 17.6 Å².